The Morgan fingerprint density at radius 3 is 2.31 bits per heavy atom. The Morgan fingerprint density at radius 2 is 1.59 bits per heavy atom. The highest BCUT2D eigenvalue weighted by molar-refractivity contribution is 7.12. The fourth-order valence-electron chi connectivity index (χ4n) is 4.87. The van der Waals surface area contributed by atoms with Crippen LogP contribution in [0.4, 0.5) is 11.4 Å². The van der Waals surface area contributed by atoms with Crippen molar-refractivity contribution >= 4 is 40.4 Å². The minimum Gasteiger partial charge on any atom is -0.366 e. The van der Waals surface area contributed by atoms with Crippen LogP contribution in [0.1, 0.15) is 42.4 Å². The Hall–Kier alpha value is -4.20. The maximum atomic E-state index is 13.3. The van der Waals surface area contributed by atoms with Crippen molar-refractivity contribution in [3.8, 4) is 6.07 Å². The number of hydrogen-bond donors (Lipinski definition) is 2. The van der Waals surface area contributed by atoms with E-state index in [-0.39, 0.29) is 17.7 Å². The van der Waals surface area contributed by atoms with Gasteiger partial charge in [-0.1, -0.05) is 6.07 Å². The standard InChI is InChI=1S/C29H30N6O3S/c30-20-21-4-6-22(7-5-21)27(36)32-24-19-23(28(37)34-12-2-10-31-11-13-34)8-9-25(24)33-14-16-35(17-15-33)29(38)26-3-1-18-39-26/h1,3-9,18-19,31H,2,10-17H2,(H,32,36). The predicted molar refractivity (Wildman–Crippen MR) is 151 cm³/mol. The Bertz CT molecular complexity index is 1370. The average molecular weight is 543 g/mol. The van der Waals surface area contributed by atoms with E-state index >= 15 is 0 Å². The van der Waals surface area contributed by atoms with Gasteiger partial charge in [0.15, 0.2) is 0 Å². The molecule has 2 aliphatic heterocycles. The molecule has 39 heavy (non-hydrogen) atoms. The van der Waals surface area contributed by atoms with Crippen LogP contribution in [0.3, 0.4) is 0 Å². The fraction of sp³-hybridized carbons (Fsp3) is 0.310. The molecule has 0 spiro atoms. The molecule has 200 valence electrons. The molecule has 2 fully saturated rings. The predicted octanol–water partition coefficient (Wildman–Crippen LogP) is 3.27. The maximum Gasteiger partial charge on any atom is 0.264 e. The van der Waals surface area contributed by atoms with Gasteiger partial charge < -0.3 is 25.3 Å². The average Bonchev–Trinajstić information content (AvgIpc) is 3.39. The van der Waals surface area contributed by atoms with Gasteiger partial charge in [0.2, 0.25) is 0 Å². The van der Waals surface area contributed by atoms with Gasteiger partial charge in [-0.25, -0.2) is 0 Å². The summed E-state index contributed by atoms with van der Waals surface area (Å²) in [5.74, 6) is -0.354. The second-order valence-electron chi connectivity index (χ2n) is 9.53. The van der Waals surface area contributed by atoms with Crippen molar-refractivity contribution in [1.82, 2.24) is 15.1 Å². The lowest BCUT2D eigenvalue weighted by Gasteiger charge is -2.37. The summed E-state index contributed by atoms with van der Waals surface area (Å²) >= 11 is 1.44. The quantitative estimate of drug-likeness (QED) is 0.512. The number of nitrogens with zero attached hydrogens (tertiary/aromatic N) is 4. The molecule has 3 amide bonds. The third-order valence-corrected chi connectivity index (χ3v) is 7.89. The number of carbonyl (C=O) groups excluding carboxylic acids is 3. The second kappa shape index (κ2) is 12.1. The molecule has 2 aliphatic rings. The fourth-order valence-corrected chi connectivity index (χ4v) is 5.56. The van der Waals surface area contributed by atoms with Crippen molar-refractivity contribution in [2.75, 3.05) is 62.6 Å². The summed E-state index contributed by atoms with van der Waals surface area (Å²) in [6, 6.07) is 17.7. The smallest absolute Gasteiger partial charge is 0.264 e. The highest BCUT2D eigenvalue weighted by Crippen LogP contribution is 2.30. The zero-order chi connectivity index (χ0) is 27.2. The van der Waals surface area contributed by atoms with Crippen LogP contribution in [0.25, 0.3) is 0 Å². The summed E-state index contributed by atoms with van der Waals surface area (Å²) < 4.78 is 0. The number of piperazine rings is 1. The highest BCUT2D eigenvalue weighted by atomic mass is 32.1. The van der Waals surface area contributed by atoms with E-state index in [4.69, 9.17) is 5.26 Å². The van der Waals surface area contributed by atoms with Crippen molar-refractivity contribution in [1.29, 1.82) is 5.26 Å². The zero-order valence-electron chi connectivity index (χ0n) is 21.6. The first-order valence-electron chi connectivity index (χ1n) is 13.1. The molecular formula is C29H30N6O3S. The Labute approximate surface area is 231 Å². The molecule has 5 rings (SSSR count). The Balaban J connectivity index is 1.38. The van der Waals surface area contributed by atoms with Gasteiger partial charge in [-0.3, -0.25) is 14.4 Å². The number of anilines is 2. The Kier molecular flexibility index (Phi) is 8.20. The van der Waals surface area contributed by atoms with Gasteiger partial charge >= 0.3 is 0 Å². The van der Waals surface area contributed by atoms with Gasteiger partial charge in [0.05, 0.1) is 27.9 Å². The van der Waals surface area contributed by atoms with Crippen LogP contribution in [-0.2, 0) is 0 Å². The van der Waals surface area contributed by atoms with Gasteiger partial charge in [-0.15, -0.1) is 11.3 Å². The van der Waals surface area contributed by atoms with Crippen molar-refractivity contribution in [3.63, 3.8) is 0 Å². The molecule has 1 aromatic heterocycles. The van der Waals surface area contributed by atoms with Gasteiger partial charge in [-0.2, -0.15) is 5.26 Å². The lowest BCUT2D eigenvalue weighted by Crippen LogP contribution is -2.48. The monoisotopic (exact) mass is 542 g/mol. The molecule has 0 bridgehead atoms. The SMILES string of the molecule is N#Cc1ccc(C(=O)Nc2cc(C(=O)N3CCCNCC3)ccc2N2CCN(C(=O)c3cccs3)CC2)cc1. The van der Waals surface area contributed by atoms with Crippen molar-refractivity contribution in [3.05, 3.63) is 81.5 Å². The first-order valence-corrected chi connectivity index (χ1v) is 13.9. The summed E-state index contributed by atoms with van der Waals surface area (Å²) in [6.07, 6.45) is 0.889. The summed E-state index contributed by atoms with van der Waals surface area (Å²) in [6.45, 7) is 5.26. The highest BCUT2D eigenvalue weighted by Gasteiger charge is 2.26. The first kappa shape index (κ1) is 26.4. The van der Waals surface area contributed by atoms with Gasteiger partial charge in [-0.05, 0) is 66.9 Å². The summed E-state index contributed by atoms with van der Waals surface area (Å²) in [4.78, 5) is 45.9. The summed E-state index contributed by atoms with van der Waals surface area (Å²) in [5.41, 5.74) is 2.75. The molecule has 0 atom stereocenters. The number of amides is 3. The van der Waals surface area contributed by atoms with Crippen molar-refractivity contribution in [2.45, 2.75) is 6.42 Å². The Morgan fingerprint density at radius 1 is 0.846 bits per heavy atom. The molecule has 0 aliphatic carbocycles. The lowest BCUT2D eigenvalue weighted by atomic mass is 10.1. The van der Waals surface area contributed by atoms with Crippen LogP contribution in [0.5, 0.6) is 0 Å². The molecule has 2 N–H and O–H groups in total. The molecule has 0 unspecified atom stereocenters. The van der Waals surface area contributed by atoms with E-state index in [1.165, 1.54) is 11.3 Å². The molecule has 10 heteroatoms. The molecule has 9 nitrogen and oxygen atoms in total. The summed E-state index contributed by atoms with van der Waals surface area (Å²) in [7, 11) is 0. The number of hydrogen-bond acceptors (Lipinski definition) is 7. The van der Waals surface area contributed by atoms with Crippen LogP contribution in [0, 0.1) is 11.3 Å². The van der Waals surface area contributed by atoms with Crippen LogP contribution in [0.2, 0.25) is 0 Å². The summed E-state index contributed by atoms with van der Waals surface area (Å²) in [5, 5.41) is 17.3. The van der Waals surface area contributed by atoms with Crippen molar-refractivity contribution < 1.29 is 14.4 Å². The number of thiophene rings is 1. The van der Waals surface area contributed by atoms with E-state index in [2.05, 4.69) is 21.6 Å². The zero-order valence-corrected chi connectivity index (χ0v) is 22.4. The van der Waals surface area contributed by atoms with E-state index in [1.54, 1.807) is 30.3 Å². The van der Waals surface area contributed by atoms with E-state index in [9.17, 15) is 14.4 Å². The van der Waals surface area contributed by atoms with E-state index in [0.717, 1.165) is 30.1 Å². The number of carbonyl (C=O) groups is 3. The van der Waals surface area contributed by atoms with Crippen LogP contribution >= 0.6 is 11.3 Å². The number of nitriles is 1. The van der Waals surface area contributed by atoms with E-state index < -0.39 is 0 Å². The molecule has 2 aromatic carbocycles. The van der Waals surface area contributed by atoms with Crippen molar-refractivity contribution in [2.24, 2.45) is 0 Å². The maximum absolute atomic E-state index is 13.3. The third kappa shape index (κ3) is 6.11. The van der Waals surface area contributed by atoms with Crippen LogP contribution < -0.4 is 15.5 Å². The first-order chi connectivity index (χ1) is 19.0. The van der Waals surface area contributed by atoms with Gasteiger partial charge in [0.1, 0.15) is 0 Å². The van der Waals surface area contributed by atoms with Gasteiger partial charge in [0, 0.05) is 56.9 Å². The number of benzene rings is 2. The lowest BCUT2D eigenvalue weighted by molar-refractivity contribution is 0.0748. The topological polar surface area (TPSA) is 109 Å². The van der Waals surface area contributed by atoms with Gasteiger partial charge in [0.25, 0.3) is 17.7 Å². The van der Waals surface area contributed by atoms with E-state index in [0.29, 0.717) is 61.6 Å². The molecule has 0 saturated carbocycles. The minimum atomic E-state index is -0.323. The molecule has 0 radical (unpaired) electrons. The minimum absolute atomic E-state index is 0.0341. The normalized spacial score (nSPS) is 15.8. The second-order valence-corrected chi connectivity index (χ2v) is 10.5. The van der Waals surface area contributed by atoms with Crippen LogP contribution in [0.15, 0.2) is 60.0 Å². The number of nitrogens with one attached hydrogen (secondary N) is 2. The molecule has 3 aromatic rings. The molecular weight excluding hydrogens is 512 g/mol. The third-order valence-electron chi connectivity index (χ3n) is 7.03. The van der Waals surface area contributed by atoms with Crippen LogP contribution in [-0.4, -0.2) is 79.9 Å². The number of rotatable bonds is 5. The van der Waals surface area contributed by atoms with E-state index in [1.807, 2.05) is 39.4 Å². The molecule has 3 heterocycles. The molecule has 2 saturated heterocycles. The largest absolute Gasteiger partial charge is 0.366 e.